The smallest absolute Gasteiger partial charge is 0.179 e. The second-order valence-electron chi connectivity index (χ2n) is 5.29. The average Bonchev–Trinajstić information content (AvgIpc) is 2.54. The van der Waals surface area contributed by atoms with E-state index in [2.05, 4.69) is 5.32 Å². The molecule has 3 heteroatoms. The average molecular weight is 269 g/mol. The molecule has 1 aliphatic heterocycles. The summed E-state index contributed by atoms with van der Waals surface area (Å²) in [6.07, 6.45) is 3.25. The number of rotatable bonds is 3. The number of Topliss-reactive ketones (excluding diaryl/α,β-unsaturated/α-hetero) is 1. The minimum Gasteiger partial charge on any atom is -0.497 e. The number of carbonyl (C=O) groups is 1. The quantitative estimate of drug-likeness (QED) is 0.870. The number of carbonyl (C=O) groups excluding carboxylic acids is 1. The molecule has 20 heavy (non-hydrogen) atoms. The number of methoxy groups -OCH3 is 1. The van der Waals surface area contributed by atoms with Gasteiger partial charge in [-0.1, -0.05) is 24.6 Å². The van der Waals surface area contributed by atoms with Crippen LogP contribution < -0.4 is 10.1 Å². The van der Waals surface area contributed by atoms with Crippen LogP contribution in [0.5, 0.6) is 5.75 Å². The summed E-state index contributed by atoms with van der Waals surface area (Å²) in [6.45, 7) is 0.946. The van der Waals surface area contributed by atoms with E-state index in [1.807, 2.05) is 36.4 Å². The van der Waals surface area contributed by atoms with Crippen molar-refractivity contribution in [3.63, 3.8) is 0 Å². The summed E-state index contributed by atoms with van der Waals surface area (Å²) < 4.78 is 5.22. The third kappa shape index (κ3) is 2.54. The number of hydrogen-bond donors (Lipinski definition) is 1. The molecule has 1 N–H and O–H groups in total. The summed E-state index contributed by atoms with van der Waals surface area (Å²) in [5, 5.41) is 5.49. The molecule has 0 amide bonds. The molecule has 1 saturated heterocycles. The molecular weight excluding hydrogens is 250 g/mol. The first kappa shape index (κ1) is 13.1. The van der Waals surface area contributed by atoms with E-state index in [9.17, 15) is 4.79 Å². The molecule has 0 aliphatic carbocycles. The van der Waals surface area contributed by atoms with Crippen molar-refractivity contribution in [2.24, 2.45) is 0 Å². The predicted octanol–water partition coefficient (Wildman–Crippen LogP) is 3.17. The van der Waals surface area contributed by atoms with Crippen molar-refractivity contribution in [1.82, 2.24) is 5.32 Å². The van der Waals surface area contributed by atoms with Gasteiger partial charge < -0.3 is 10.1 Å². The van der Waals surface area contributed by atoms with Gasteiger partial charge in [0, 0.05) is 5.56 Å². The maximum atomic E-state index is 12.5. The molecule has 0 radical (unpaired) electrons. The maximum absolute atomic E-state index is 12.5. The van der Waals surface area contributed by atoms with Gasteiger partial charge in [-0.15, -0.1) is 0 Å². The van der Waals surface area contributed by atoms with Crippen LogP contribution in [0.3, 0.4) is 0 Å². The fraction of sp³-hybridized carbons (Fsp3) is 0.353. The van der Waals surface area contributed by atoms with Crippen LogP contribution in [0.15, 0.2) is 36.4 Å². The van der Waals surface area contributed by atoms with Crippen LogP contribution in [0.4, 0.5) is 0 Å². The van der Waals surface area contributed by atoms with E-state index in [1.165, 1.54) is 6.42 Å². The molecule has 1 aliphatic rings. The zero-order chi connectivity index (χ0) is 13.9. The van der Waals surface area contributed by atoms with E-state index in [-0.39, 0.29) is 11.8 Å². The highest BCUT2D eigenvalue weighted by Crippen LogP contribution is 2.23. The Kier molecular flexibility index (Phi) is 3.70. The molecule has 2 aromatic carbocycles. The molecule has 104 valence electrons. The van der Waals surface area contributed by atoms with E-state index in [1.54, 1.807) is 7.11 Å². The van der Waals surface area contributed by atoms with E-state index in [0.717, 1.165) is 41.5 Å². The van der Waals surface area contributed by atoms with Gasteiger partial charge in [-0.3, -0.25) is 4.79 Å². The van der Waals surface area contributed by atoms with Crippen LogP contribution in [0.1, 0.15) is 29.6 Å². The van der Waals surface area contributed by atoms with Gasteiger partial charge in [-0.25, -0.2) is 0 Å². The lowest BCUT2D eigenvalue weighted by atomic mass is 9.95. The highest BCUT2D eigenvalue weighted by molar-refractivity contribution is 6.03. The number of benzene rings is 2. The molecule has 1 heterocycles. The van der Waals surface area contributed by atoms with Crippen molar-refractivity contribution < 1.29 is 9.53 Å². The van der Waals surface area contributed by atoms with Crippen LogP contribution in [0.25, 0.3) is 10.8 Å². The molecule has 0 spiro atoms. The third-order valence-corrected chi connectivity index (χ3v) is 3.96. The van der Waals surface area contributed by atoms with Gasteiger partial charge in [0.15, 0.2) is 5.78 Å². The van der Waals surface area contributed by atoms with E-state index >= 15 is 0 Å². The molecule has 0 bridgehead atoms. The fourth-order valence-electron chi connectivity index (χ4n) is 2.78. The number of ketones is 1. The molecule has 1 fully saturated rings. The van der Waals surface area contributed by atoms with Gasteiger partial charge in [-0.05, 0) is 48.4 Å². The van der Waals surface area contributed by atoms with Crippen LogP contribution in [0.2, 0.25) is 0 Å². The molecular formula is C17H19NO2. The van der Waals surface area contributed by atoms with E-state index in [4.69, 9.17) is 4.74 Å². The molecule has 0 aromatic heterocycles. The summed E-state index contributed by atoms with van der Waals surface area (Å²) in [5.41, 5.74) is 0.794. The number of ether oxygens (including phenoxy) is 1. The van der Waals surface area contributed by atoms with Crippen LogP contribution in [-0.2, 0) is 0 Å². The van der Waals surface area contributed by atoms with Crippen LogP contribution in [0, 0.1) is 0 Å². The number of nitrogens with one attached hydrogen (secondary N) is 1. The van der Waals surface area contributed by atoms with Gasteiger partial charge in [0.25, 0.3) is 0 Å². The monoisotopic (exact) mass is 269 g/mol. The maximum Gasteiger partial charge on any atom is 0.179 e. The Morgan fingerprint density at radius 1 is 1.15 bits per heavy atom. The number of piperidine rings is 1. The molecule has 1 unspecified atom stereocenters. The van der Waals surface area contributed by atoms with Gasteiger partial charge in [0.1, 0.15) is 5.75 Å². The zero-order valence-corrected chi connectivity index (χ0v) is 11.7. The molecule has 1 atom stereocenters. The molecule has 3 rings (SSSR count). The SMILES string of the molecule is COc1ccc2cc(C(=O)C3CCCCN3)ccc2c1. The van der Waals surface area contributed by atoms with Crippen molar-refractivity contribution in [1.29, 1.82) is 0 Å². The van der Waals surface area contributed by atoms with Crippen molar-refractivity contribution in [3.05, 3.63) is 42.0 Å². The first-order chi connectivity index (χ1) is 9.78. The molecule has 3 nitrogen and oxygen atoms in total. The minimum absolute atomic E-state index is 0.0144. The Morgan fingerprint density at radius 3 is 2.70 bits per heavy atom. The molecule has 0 saturated carbocycles. The number of fused-ring (bicyclic) bond motifs is 1. The summed E-state index contributed by atoms with van der Waals surface area (Å²) in [5.74, 6) is 1.05. The Balaban J connectivity index is 1.90. The standard InChI is InChI=1S/C17H19NO2/c1-20-15-8-7-12-10-14(6-5-13(12)11-15)17(19)16-4-2-3-9-18-16/h5-8,10-11,16,18H,2-4,9H2,1H3. The summed E-state index contributed by atoms with van der Waals surface area (Å²) in [6, 6.07) is 11.8. The second kappa shape index (κ2) is 5.63. The summed E-state index contributed by atoms with van der Waals surface area (Å²) in [4.78, 5) is 12.5. The van der Waals surface area contributed by atoms with E-state index < -0.39 is 0 Å². The lowest BCUT2D eigenvalue weighted by Gasteiger charge is -2.22. The summed E-state index contributed by atoms with van der Waals surface area (Å²) >= 11 is 0. The molecule has 2 aromatic rings. The zero-order valence-electron chi connectivity index (χ0n) is 11.7. The van der Waals surface area contributed by atoms with Crippen LogP contribution >= 0.6 is 0 Å². The van der Waals surface area contributed by atoms with Crippen molar-refractivity contribution in [2.45, 2.75) is 25.3 Å². The lowest BCUT2D eigenvalue weighted by molar-refractivity contribution is 0.0927. The second-order valence-corrected chi connectivity index (χ2v) is 5.29. The van der Waals surface area contributed by atoms with Crippen molar-refractivity contribution >= 4 is 16.6 Å². The van der Waals surface area contributed by atoms with Crippen LogP contribution in [-0.4, -0.2) is 25.5 Å². The Bertz CT molecular complexity index is 630. The summed E-state index contributed by atoms with van der Waals surface area (Å²) in [7, 11) is 1.66. The largest absolute Gasteiger partial charge is 0.497 e. The third-order valence-electron chi connectivity index (χ3n) is 3.96. The first-order valence-corrected chi connectivity index (χ1v) is 7.13. The fourth-order valence-corrected chi connectivity index (χ4v) is 2.78. The van der Waals surface area contributed by atoms with Gasteiger partial charge in [0.2, 0.25) is 0 Å². The topological polar surface area (TPSA) is 38.3 Å². The highest BCUT2D eigenvalue weighted by Gasteiger charge is 2.21. The Morgan fingerprint density at radius 2 is 1.95 bits per heavy atom. The Hall–Kier alpha value is -1.87. The van der Waals surface area contributed by atoms with Gasteiger partial charge in [0.05, 0.1) is 13.2 Å². The minimum atomic E-state index is -0.0144. The predicted molar refractivity (Wildman–Crippen MR) is 80.5 cm³/mol. The number of hydrogen-bond acceptors (Lipinski definition) is 3. The highest BCUT2D eigenvalue weighted by atomic mass is 16.5. The lowest BCUT2D eigenvalue weighted by Crippen LogP contribution is -2.40. The van der Waals surface area contributed by atoms with Crippen molar-refractivity contribution in [2.75, 3.05) is 13.7 Å². The van der Waals surface area contributed by atoms with Gasteiger partial charge in [-0.2, -0.15) is 0 Å². The Labute approximate surface area is 118 Å². The van der Waals surface area contributed by atoms with Gasteiger partial charge >= 0.3 is 0 Å². The first-order valence-electron chi connectivity index (χ1n) is 7.13. The van der Waals surface area contributed by atoms with Crippen molar-refractivity contribution in [3.8, 4) is 5.75 Å². The van der Waals surface area contributed by atoms with E-state index in [0.29, 0.717) is 0 Å². The normalized spacial score (nSPS) is 18.9.